The largest absolute Gasteiger partial charge is 0.416 e. The molecule has 1 aliphatic heterocycles. The van der Waals surface area contributed by atoms with Crippen LogP contribution in [0.3, 0.4) is 0 Å². The lowest BCUT2D eigenvalue weighted by Gasteiger charge is -2.25. The van der Waals surface area contributed by atoms with Gasteiger partial charge in [-0.15, -0.1) is 5.10 Å². The summed E-state index contributed by atoms with van der Waals surface area (Å²) in [4.78, 5) is 1.17. The molecule has 2 fully saturated rings. The van der Waals surface area contributed by atoms with Crippen LogP contribution in [0.2, 0.25) is 0 Å². The van der Waals surface area contributed by atoms with Gasteiger partial charge in [0.25, 0.3) is 10.0 Å². The maximum Gasteiger partial charge on any atom is 0.416 e. The highest BCUT2D eigenvalue weighted by Crippen LogP contribution is 2.70. The van der Waals surface area contributed by atoms with Crippen molar-refractivity contribution in [1.29, 1.82) is 0 Å². The zero-order valence-electron chi connectivity index (χ0n) is 22.4. The van der Waals surface area contributed by atoms with E-state index >= 15 is 0 Å². The van der Waals surface area contributed by atoms with Gasteiger partial charge >= 0.3 is 6.18 Å². The number of hydrogen-bond acceptors (Lipinski definition) is 5. The molecule has 3 heterocycles. The predicted molar refractivity (Wildman–Crippen MR) is 145 cm³/mol. The number of halogens is 4. The van der Waals surface area contributed by atoms with Crippen molar-refractivity contribution in [1.82, 2.24) is 29.1 Å². The van der Waals surface area contributed by atoms with E-state index in [4.69, 9.17) is 0 Å². The summed E-state index contributed by atoms with van der Waals surface area (Å²) in [5.74, 6) is -0.942. The lowest BCUT2D eigenvalue weighted by molar-refractivity contribution is -0.137. The van der Waals surface area contributed by atoms with Crippen molar-refractivity contribution < 1.29 is 26.0 Å². The van der Waals surface area contributed by atoms with Crippen molar-refractivity contribution in [3.8, 4) is 5.69 Å². The average Bonchev–Trinajstić information content (AvgIpc) is 3.36. The van der Waals surface area contributed by atoms with E-state index in [1.807, 2.05) is 19.1 Å². The molecule has 2 aromatic heterocycles. The van der Waals surface area contributed by atoms with Crippen LogP contribution in [0.15, 0.2) is 78.1 Å². The Morgan fingerprint density at radius 1 is 1.00 bits per heavy atom. The van der Waals surface area contributed by atoms with Crippen LogP contribution in [0, 0.1) is 18.7 Å². The summed E-state index contributed by atoms with van der Waals surface area (Å²) in [6.07, 6.45) is -1.63. The molecule has 7 rings (SSSR count). The molecule has 0 bridgehead atoms. The topological polar surface area (TPSA) is 85.9 Å². The van der Waals surface area contributed by atoms with Gasteiger partial charge in [-0.2, -0.15) is 32.5 Å². The molecular weight excluding hydrogens is 572 g/mol. The Kier molecular flexibility index (Phi) is 5.71. The fourth-order valence-corrected chi connectivity index (χ4v) is 8.10. The van der Waals surface area contributed by atoms with E-state index in [-0.39, 0.29) is 35.8 Å². The number of piperidine rings is 1. The Bertz CT molecular complexity index is 1970. The van der Waals surface area contributed by atoms with Crippen LogP contribution < -0.4 is 0 Å². The SMILES string of the molecule is Cc1cc2c(cnn2-c2ccc(F)cc2)cc1[C@@]12CN(S(=O)(=O)c3cnn(C)n3)C[C@@H]1[C@@H]2c1cccc(C(F)(F)F)c1. The van der Waals surface area contributed by atoms with Crippen molar-refractivity contribution in [2.75, 3.05) is 13.1 Å². The molecule has 0 radical (unpaired) electrons. The number of benzene rings is 3. The lowest BCUT2D eigenvalue weighted by atomic mass is 9.86. The first kappa shape index (κ1) is 26.8. The fourth-order valence-electron chi connectivity index (χ4n) is 6.70. The predicted octanol–water partition coefficient (Wildman–Crippen LogP) is 4.98. The number of hydrogen-bond donors (Lipinski definition) is 0. The molecule has 0 amide bonds. The monoisotopic (exact) mass is 596 g/mol. The molecule has 0 N–H and O–H groups in total. The zero-order chi connectivity index (χ0) is 29.6. The highest BCUT2D eigenvalue weighted by Gasteiger charge is 2.71. The van der Waals surface area contributed by atoms with Crippen molar-refractivity contribution >= 4 is 20.9 Å². The summed E-state index contributed by atoms with van der Waals surface area (Å²) >= 11 is 0. The summed E-state index contributed by atoms with van der Waals surface area (Å²) in [5, 5.41) is 13.0. The molecule has 0 unspecified atom stereocenters. The molecule has 3 atom stereocenters. The molecule has 8 nitrogen and oxygen atoms in total. The molecule has 2 aliphatic rings. The van der Waals surface area contributed by atoms with Crippen molar-refractivity contribution in [3.63, 3.8) is 0 Å². The molecule has 1 saturated carbocycles. The molecule has 5 aromatic rings. The van der Waals surface area contributed by atoms with Gasteiger partial charge in [-0.25, -0.2) is 17.5 Å². The first-order valence-corrected chi connectivity index (χ1v) is 14.6. The van der Waals surface area contributed by atoms with Crippen molar-refractivity contribution in [2.45, 2.75) is 29.5 Å². The van der Waals surface area contributed by atoms with Gasteiger partial charge in [-0.3, -0.25) is 0 Å². The van der Waals surface area contributed by atoms with E-state index in [1.54, 1.807) is 29.1 Å². The van der Waals surface area contributed by atoms with Crippen LogP contribution in [-0.2, 0) is 28.7 Å². The van der Waals surface area contributed by atoms with Gasteiger partial charge in [0.1, 0.15) is 5.82 Å². The summed E-state index contributed by atoms with van der Waals surface area (Å²) in [5.41, 5.74) is 2.18. The Labute approximate surface area is 238 Å². The van der Waals surface area contributed by atoms with E-state index in [2.05, 4.69) is 15.3 Å². The Morgan fingerprint density at radius 3 is 2.45 bits per heavy atom. The highest BCUT2D eigenvalue weighted by molar-refractivity contribution is 7.89. The zero-order valence-corrected chi connectivity index (χ0v) is 23.2. The molecule has 3 aromatic carbocycles. The van der Waals surface area contributed by atoms with Gasteiger partial charge in [-0.1, -0.05) is 18.2 Å². The summed E-state index contributed by atoms with van der Waals surface area (Å²) < 4.78 is 84.5. The third kappa shape index (κ3) is 3.97. The van der Waals surface area contributed by atoms with Gasteiger partial charge in [0.05, 0.1) is 29.2 Å². The number of fused-ring (bicyclic) bond motifs is 2. The van der Waals surface area contributed by atoms with Crippen molar-refractivity contribution in [2.24, 2.45) is 13.0 Å². The summed E-state index contributed by atoms with van der Waals surface area (Å²) in [6, 6.07) is 15.1. The number of rotatable bonds is 5. The maximum absolute atomic E-state index is 13.6. The van der Waals surface area contributed by atoms with E-state index in [9.17, 15) is 26.0 Å². The third-order valence-electron chi connectivity index (χ3n) is 8.59. The smallest absolute Gasteiger partial charge is 0.233 e. The van der Waals surface area contributed by atoms with Crippen LogP contribution >= 0.6 is 0 Å². The molecule has 1 saturated heterocycles. The quantitative estimate of drug-likeness (QED) is 0.268. The number of aromatic nitrogens is 5. The first-order chi connectivity index (χ1) is 19.9. The molecule has 13 heteroatoms. The Morgan fingerprint density at radius 2 is 1.76 bits per heavy atom. The van der Waals surface area contributed by atoms with E-state index in [0.29, 0.717) is 11.3 Å². The van der Waals surface area contributed by atoms with Gasteiger partial charge < -0.3 is 0 Å². The van der Waals surface area contributed by atoms with Crippen LogP contribution in [0.25, 0.3) is 16.6 Å². The molecule has 216 valence electrons. The second-order valence-corrected chi connectivity index (χ2v) is 12.9. The van der Waals surface area contributed by atoms with Gasteiger partial charge in [0.2, 0.25) is 5.03 Å². The van der Waals surface area contributed by atoms with Gasteiger partial charge in [0, 0.05) is 36.9 Å². The number of sulfonamides is 1. The highest BCUT2D eigenvalue weighted by atomic mass is 32.2. The molecule has 42 heavy (non-hydrogen) atoms. The summed E-state index contributed by atoms with van der Waals surface area (Å²) in [6.45, 7) is 2.12. The minimum Gasteiger partial charge on any atom is -0.233 e. The normalized spacial score (nSPS) is 22.5. The van der Waals surface area contributed by atoms with E-state index < -0.39 is 27.2 Å². The van der Waals surface area contributed by atoms with E-state index in [1.165, 1.54) is 46.6 Å². The minimum absolute atomic E-state index is 0.0793. The molecular formula is C29H24F4N6O2S. The van der Waals surface area contributed by atoms with Crippen LogP contribution in [0.1, 0.15) is 28.2 Å². The second-order valence-electron chi connectivity index (χ2n) is 11.0. The van der Waals surface area contributed by atoms with Crippen molar-refractivity contribution in [3.05, 3.63) is 101 Å². The molecule has 0 spiro atoms. The average molecular weight is 597 g/mol. The minimum atomic E-state index is -4.50. The Hall–Kier alpha value is -4.10. The summed E-state index contributed by atoms with van der Waals surface area (Å²) in [7, 11) is -2.46. The van der Waals surface area contributed by atoms with Crippen LogP contribution in [-0.4, -0.2) is 50.6 Å². The Balaban J connectivity index is 1.34. The van der Waals surface area contributed by atoms with Crippen LogP contribution in [0.5, 0.6) is 0 Å². The van der Waals surface area contributed by atoms with Crippen LogP contribution in [0.4, 0.5) is 17.6 Å². The lowest BCUT2D eigenvalue weighted by Crippen LogP contribution is -2.35. The molecule has 1 aliphatic carbocycles. The maximum atomic E-state index is 13.6. The third-order valence-corrected chi connectivity index (χ3v) is 10.3. The standard InChI is InChI=1S/C29H24F4N6O2S/c1-17-10-25-19(13-35-39(25)22-8-6-21(30)7-9-22)12-23(17)28-16-38(42(40,41)26-14-34-37(2)36-26)15-24(28)27(28)18-4-3-5-20(11-18)29(31,32)33/h3-14,24,27H,15-16H2,1-2H3/t24-,27+,28+/m1/s1. The first-order valence-electron chi connectivity index (χ1n) is 13.2. The second kappa shape index (κ2) is 8.95. The number of nitrogens with zero attached hydrogens (tertiary/aromatic N) is 6. The number of aryl methyl sites for hydroxylation is 2. The number of alkyl halides is 3. The van der Waals surface area contributed by atoms with Gasteiger partial charge in [-0.05, 0) is 72.0 Å². The van der Waals surface area contributed by atoms with Gasteiger partial charge in [0.15, 0.2) is 0 Å². The van der Waals surface area contributed by atoms with E-state index in [0.717, 1.165) is 28.1 Å². The fraction of sp³-hybridized carbons (Fsp3) is 0.276.